The van der Waals surface area contributed by atoms with E-state index in [1.54, 1.807) is 6.07 Å². The van der Waals surface area contributed by atoms with Crippen molar-refractivity contribution in [3.63, 3.8) is 0 Å². The van der Waals surface area contributed by atoms with E-state index in [-0.39, 0.29) is 24.2 Å². The summed E-state index contributed by atoms with van der Waals surface area (Å²) in [6.45, 7) is 1.00. The maximum Gasteiger partial charge on any atom is 0.222 e. The maximum absolute atomic E-state index is 13.3. The Morgan fingerprint density at radius 2 is 2.29 bits per heavy atom. The Hall–Kier alpha value is -1.62. The summed E-state index contributed by atoms with van der Waals surface area (Å²) in [5.41, 5.74) is 6.47. The summed E-state index contributed by atoms with van der Waals surface area (Å²) in [5, 5.41) is 9.01. The van der Waals surface area contributed by atoms with Gasteiger partial charge in [0.25, 0.3) is 0 Å². The summed E-state index contributed by atoms with van der Waals surface area (Å²) >= 11 is 0. The third-order valence-electron chi connectivity index (χ3n) is 3.08. The summed E-state index contributed by atoms with van der Waals surface area (Å²) in [7, 11) is 0. The van der Waals surface area contributed by atoms with Crippen LogP contribution in [0.15, 0.2) is 18.2 Å². The highest BCUT2D eigenvalue weighted by atomic mass is 19.1. The number of hydrogen-bond donors (Lipinski definition) is 2. The van der Waals surface area contributed by atoms with Gasteiger partial charge in [-0.1, -0.05) is 0 Å². The number of aliphatic hydroxyl groups excluding tert-OH is 1. The zero-order valence-electron chi connectivity index (χ0n) is 9.40. The van der Waals surface area contributed by atoms with Gasteiger partial charge in [0.05, 0.1) is 12.5 Å². The highest BCUT2D eigenvalue weighted by Gasteiger charge is 2.26. The fourth-order valence-corrected chi connectivity index (χ4v) is 2.13. The first-order chi connectivity index (χ1) is 8.10. The van der Waals surface area contributed by atoms with Crippen LogP contribution in [0.25, 0.3) is 0 Å². The molecule has 0 bridgehead atoms. The number of carbonyl (C=O) groups is 1. The summed E-state index contributed by atoms with van der Waals surface area (Å²) in [6.07, 6.45) is 0.695. The molecule has 3 N–H and O–H groups in total. The van der Waals surface area contributed by atoms with Gasteiger partial charge in [-0.05, 0) is 30.2 Å². The minimum Gasteiger partial charge on any atom is -0.392 e. The average molecular weight is 238 g/mol. The number of nitrogens with two attached hydrogens (primary N) is 1. The number of halogens is 1. The number of carbonyl (C=O) groups excluding carboxylic acids is 1. The molecule has 92 valence electrons. The second-order valence-corrected chi connectivity index (χ2v) is 4.31. The molecule has 1 saturated heterocycles. The highest BCUT2D eigenvalue weighted by Crippen LogP contribution is 2.25. The first-order valence-electron chi connectivity index (χ1n) is 5.54. The molecule has 0 radical (unpaired) electrons. The van der Waals surface area contributed by atoms with E-state index in [2.05, 4.69) is 0 Å². The molecule has 1 unspecified atom stereocenters. The zero-order chi connectivity index (χ0) is 12.4. The minimum absolute atomic E-state index is 0.171. The lowest BCUT2D eigenvalue weighted by Gasteiger charge is -2.19. The van der Waals surface area contributed by atoms with E-state index in [9.17, 15) is 9.18 Å². The molecule has 1 heterocycles. The van der Waals surface area contributed by atoms with Crippen molar-refractivity contribution in [2.45, 2.75) is 13.0 Å². The lowest BCUT2D eigenvalue weighted by Crippen LogP contribution is -2.27. The smallest absolute Gasteiger partial charge is 0.222 e. The summed E-state index contributed by atoms with van der Waals surface area (Å²) < 4.78 is 13.3. The molecule has 1 fully saturated rings. The first-order valence-corrected chi connectivity index (χ1v) is 5.54. The molecule has 0 aliphatic carbocycles. The van der Waals surface area contributed by atoms with Crippen molar-refractivity contribution in [3.05, 3.63) is 29.6 Å². The maximum atomic E-state index is 13.3. The number of benzene rings is 1. The Morgan fingerprint density at radius 3 is 2.88 bits per heavy atom. The Morgan fingerprint density at radius 1 is 1.53 bits per heavy atom. The molecule has 0 aromatic heterocycles. The van der Waals surface area contributed by atoms with Gasteiger partial charge in [0.15, 0.2) is 0 Å². The number of primary amides is 1. The third kappa shape index (κ3) is 2.55. The molecule has 2 rings (SSSR count). The number of hydrogen-bond acceptors (Lipinski definition) is 3. The van der Waals surface area contributed by atoms with Crippen molar-refractivity contribution in [2.75, 3.05) is 18.0 Å². The summed E-state index contributed by atoms with van der Waals surface area (Å²) in [4.78, 5) is 13.0. The summed E-state index contributed by atoms with van der Waals surface area (Å²) in [6, 6.07) is 4.43. The Balaban J connectivity index is 2.18. The number of amides is 1. The van der Waals surface area contributed by atoms with E-state index in [0.29, 0.717) is 30.8 Å². The quantitative estimate of drug-likeness (QED) is 0.811. The number of aliphatic hydroxyl groups is 1. The van der Waals surface area contributed by atoms with Crippen molar-refractivity contribution in [2.24, 2.45) is 11.7 Å². The first kappa shape index (κ1) is 11.9. The van der Waals surface area contributed by atoms with Crippen LogP contribution >= 0.6 is 0 Å². The van der Waals surface area contributed by atoms with Gasteiger partial charge in [0.2, 0.25) is 5.91 Å². The molecular weight excluding hydrogens is 223 g/mol. The van der Waals surface area contributed by atoms with Crippen molar-refractivity contribution in [1.82, 2.24) is 0 Å². The minimum atomic E-state index is -0.380. The molecule has 1 atom stereocenters. The van der Waals surface area contributed by atoms with Gasteiger partial charge in [0, 0.05) is 18.8 Å². The normalized spacial score (nSPS) is 19.6. The van der Waals surface area contributed by atoms with E-state index in [1.165, 1.54) is 12.1 Å². The van der Waals surface area contributed by atoms with Crippen molar-refractivity contribution >= 4 is 11.6 Å². The molecule has 1 aliphatic heterocycles. The lowest BCUT2D eigenvalue weighted by atomic mass is 10.1. The SMILES string of the molecule is NC(=O)C1CCN(c2cc(F)cc(CO)c2)C1. The van der Waals surface area contributed by atoms with Crippen LogP contribution in [0.2, 0.25) is 0 Å². The number of anilines is 1. The van der Waals surface area contributed by atoms with Gasteiger partial charge in [-0.15, -0.1) is 0 Å². The van der Waals surface area contributed by atoms with Crippen LogP contribution in [0, 0.1) is 11.7 Å². The van der Waals surface area contributed by atoms with E-state index >= 15 is 0 Å². The van der Waals surface area contributed by atoms with Crippen LogP contribution in [0.3, 0.4) is 0 Å². The van der Waals surface area contributed by atoms with Gasteiger partial charge < -0.3 is 15.7 Å². The van der Waals surface area contributed by atoms with Crippen LogP contribution < -0.4 is 10.6 Å². The molecular formula is C12H15FN2O2. The predicted octanol–water partition coefficient (Wildman–Crippen LogP) is 0.630. The summed E-state index contributed by atoms with van der Waals surface area (Å²) in [5.74, 6) is -0.865. The second-order valence-electron chi connectivity index (χ2n) is 4.31. The Kier molecular flexibility index (Phi) is 3.28. The predicted molar refractivity (Wildman–Crippen MR) is 61.8 cm³/mol. The monoisotopic (exact) mass is 238 g/mol. The van der Waals surface area contributed by atoms with Crippen LogP contribution in [0.4, 0.5) is 10.1 Å². The molecule has 1 aliphatic rings. The Bertz CT molecular complexity index is 437. The molecule has 4 nitrogen and oxygen atoms in total. The fraction of sp³-hybridized carbons (Fsp3) is 0.417. The standard InChI is InChI=1S/C12H15FN2O2/c13-10-3-8(7-16)4-11(5-10)15-2-1-9(6-15)12(14)17/h3-5,9,16H,1-2,6-7H2,(H2,14,17). The van der Waals surface area contributed by atoms with Gasteiger partial charge in [-0.3, -0.25) is 4.79 Å². The Labute approximate surface area is 98.8 Å². The zero-order valence-corrected chi connectivity index (χ0v) is 9.40. The van der Waals surface area contributed by atoms with Gasteiger partial charge in [0.1, 0.15) is 5.82 Å². The van der Waals surface area contributed by atoms with Crippen LogP contribution in [-0.4, -0.2) is 24.1 Å². The van der Waals surface area contributed by atoms with E-state index in [1.807, 2.05) is 4.90 Å². The van der Waals surface area contributed by atoms with Gasteiger partial charge in [-0.25, -0.2) is 4.39 Å². The van der Waals surface area contributed by atoms with Crippen LogP contribution in [0.5, 0.6) is 0 Å². The molecule has 17 heavy (non-hydrogen) atoms. The molecule has 1 aromatic carbocycles. The average Bonchev–Trinajstić information content (AvgIpc) is 2.77. The van der Waals surface area contributed by atoms with Gasteiger partial charge >= 0.3 is 0 Å². The second kappa shape index (κ2) is 4.71. The highest BCUT2D eigenvalue weighted by molar-refractivity contribution is 5.78. The van der Waals surface area contributed by atoms with Crippen molar-refractivity contribution < 1.29 is 14.3 Å². The molecule has 0 saturated carbocycles. The van der Waals surface area contributed by atoms with Crippen LogP contribution in [0.1, 0.15) is 12.0 Å². The number of nitrogens with zero attached hydrogens (tertiary/aromatic N) is 1. The lowest BCUT2D eigenvalue weighted by molar-refractivity contribution is -0.121. The van der Waals surface area contributed by atoms with Crippen LogP contribution in [-0.2, 0) is 11.4 Å². The third-order valence-corrected chi connectivity index (χ3v) is 3.08. The topological polar surface area (TPSA) is 66.6 Å². The largest absolute Gasteiger partial charge is 0.392 e. The van der Waals surface area contributed by atoms with E-state index in [0.717, 1.165) is 0 Å². The molecule has 0 spiro atoms. The van der Waals surface area contributed by atoms with Gasteiger partial charge in [-0.2, -0.15) is 0 Å². The van der Waals surface area contributed by atoms with E-state index < -0.39 is 0 Å². The molecule has 5 heteroatoms. The molecule has 1 aromatic rings. The van der Waals surface area contributed by atoms with Crippen molar-refractivity contribution in [1.29, 1.82) is 0 Å². The fourth-order valence-electron chi connectivity index (χ4n) is 2.13. The van der Waals surface area contributed by atoms with E-state index in [4.69, 9.17) is 10.8 Å². The number of rotatable bonds is 3. The molecule has 1 amide bonds. The van der Waals surface area contributed by atoms with Crippen molar-refractivity contribution in [3.8, 4) is 0 Å².